The standard InChI is InChI=1S/C10H7N3S3/c1-14-9-7-10(12-5-11-9)16-8(13-7)6-2-3-15-4-6/h2-5H,1H3. The fraction of sp³-hybridized carbons (Fsp3) is 0.100. The lowest BCUT2D eigenvalue weighted by Gasteiger charge is -1.92. The first-order chi connectivity index (χ1) is 7.88. The zero-order valence-electron chi connectivity index (χ0n) is 8.38. The number of fused-ring (bicyclic) bond motifs is 1. The summed E-state index contributed by atoms with van der Waals surface area (Å²) in [7, 11) is 0. The summed E-state index contributed by atoms with van der Waals surface area (Å²) in [6.45, 7) is 0. The number of hydrogen-bond donors (Lipinski definition) is 0. The van der Waals surface area contributed by atoms with Crippen LogP contribution < -0.4 is 0 Å². The maximum atomic E-state index is 4.61. The van der Waals surface area contributed by atoms with Gasteiger partial charge in [-0.2, -0.15) is 11.3 Å². The Morgan fingerprint density at radius 1 is 1.31 bits per heavy atom. The molecule has 6 heteroatoms. The highest BCUT2D eigenvalue weighted by Crippen LogP contribution is 2.32. The second kappa shape index (κ2) is 4.12. The Hall–Kier alpha value is -0.980. The van der Waals surface area contributed by atoms with E-state index in [0.717, 1.165) is 20.4 Å². The van der Waals surface area contributed by atoms with Gasteiger partial charge in [-0.25, -0.2) is 15.0 Å². The molecule has 0 atom stereocenters. The number of nitrogens with zero attached hydrogens (tertiary/aromatic N) is 3. The third-order valence-corrected chi connectivity index (χ3v) is 4.50. The third kappa shape index (κ3) is 1.63. The molecule has 3 rings (SSSR count). The molecular weight excluding hydrogens is 258 g/mol. The first kappa shape index (κ1) is 10.2. The predicted molar refractivity (Wildman–Crippen MR) is 70.3 cm³/mol. The summed E-state index contributed by atoms with van der Waals surface area (Å²) < 4.78 is 0. The molecule has 3 aromatic heterocycles. The molecule has 3 aromatic rings. The molecule has 0 spiro atoms. The van der Waals surface area contributed by atoms with E-state index in [9.17, 15) is 0 Å². The second-order valence-corrected chi connectivity index (χ2v) is 5.62. The Morgan fingerprint density at radius 2 is 2.25 bits per heavy atom. The van der Waals surface area contributed by atoms with Gasteiger partial charge >= 0.3 is 0 Å². The van der Waals surface area contributed by atoms with Crippen molar-refractivity contribution in [1.82, 2.24) is 15.0 Å². The fourth-order valence-corrected chi connectivity index (χ4v) is 3.56. The van der Waals surface area contributed by atoms with E-state index in [1.54, 1.807) is 40.8 Å². The first-order valence-electron chi connectivity index (χ1n) is 4.56. The van der Waals surface area contributed by atoms with Crippen LogP contribution in [0.5, 0.6) is 0 Å². The molecule has 0 aliphatic heterocycles. The van der Waals surface area contributed by atoms with Crippen LogP contribution in [0.1, 0.15) is 0 Å². The van der Waals surface area contributed by atoms with Crippen molar-refractivity contribution in [2.75, 3.05) is 6.26 Å². The summed E-state index contributed by atoms with van der Waals surface area (Å²) in [4.78, 5) is 14.0. The third-order valence-electron chi connectivity index (χ3n) is 2.12. The van der Waals surface area contributed by atoms with Gasteiger partial charge in [-0.1, -0.05) is 11.3 Å². The Bertz CT molecular complexity index is 615. The van der Waals surface area contributed by atoms with Crippen LogP contribution >= 0.6 is 34.4 Å². The number of aromatic nitrogens is 3. The average molecular weight is 265 g/mol. The molecule has 0 aliphatic carbocycles. The summed E-state index contributed by atoms with van der Waals surface area (Å²) in [6, 6.07) is 2.08. The minimum atomic E-state index is 0.918. The Labute approximate surface area is 105 Å². The summed E-state index contributed by atoms with van der Waals surface area (Å²) in [5.74, 6) is 0. The van der Waals surface area contributed by atoms with E-state index in [1.165, 1.54) is 5.56 Å². The van der Waals surface area contributed by atoms with Crippen LogP contribution in [0.15, 0.2) is 28.2 Å². The van der Waals surface area contributed by atoms with Crippen LogP contribution in [0.25, 0.3) is 20.9 Å². The molecule has 80 valence electrons. The van der Waals surface area contributed by atoms with Crippen molar-refractivity contribution in [2.45, 2.75) is 5.03 Å². The van der Waals surface area contributed by atoms with Crippen molar-refractivity contribution >= 4 is 44.8 Å². The van der Waals surface area contributed by atoms with Gasteiger partial charge < -0.3 is 0 Å². The Kier molecular flexibility index (Phi) is 2.62. The van der Waals surface area contributed by atoms with Crippen LogP contribution in [0.2, 0.25) is 0 Å². The first-order valence-corrected chi connectivity index (χ1v) is 7.55. The summed E-state index contributed by atoms with van der Waals surface area (Å²) >= 11 is 4.90. The molecule has 16 heavy (non-hydrogen) atoms. The molecule has 0 unspecified atom stereocenters. The van der Waals surface area contributed by atoms with Gasteiger partial charge in [0.15, 0.2) is 0 Å². The van der Waals surface area contributed by atoms with Crippen LogP contribution in [0, 0.1) is 0 Å². The number of thioether (sulfide) groups is 1. The minimum Gasteiger partial charge on any atom is -0.231 e. The van der Waals surface area contributed by atoms with E-state index < -0.39 is 0 Å². The minimum absolute atomic E-state index is 0.918. The quantitative estimate of drug-likeness (QED) is 0.525. The van der Waals surface area contributed by atoms with Crippen molar-refractivity contribution in [1.29, 1.82) is 0 Å². The van der Waals surface area contributed by atoms with E-state index in [0.29, 0.717) is 0 Å². The van der Waals surface area contributed by atoms with Crippen molar-refractivity contribution in [3.8, 4) is 10.6 Å². The number of thiophene rings is 1. The highest BCUT2D eigenvalue weighted by Gasteiger charge is 2.11. The van der Waals surface area contributed by atoms with Gasteiger partial charge in [0.25, 0.3) is 0 Å². The van der Waals surface area contributed by atoms with Crippen LogP contribution in [-0.4, -0.2) is 21.2 Å². The molecule has 0 radical (unpaired) electrons. The zero-order valence-corrected chi connectivity index (χ0v) is 10.8. The molecule has 0 saturated heterocycles. The Morgan fingerprint density at radius 3 is 3.00 bits per heavy atom. The summed E-state index contributed by atoms with van der Waals surface area (Å²) in [6.07, 6.45) is 3.61. The van der Waals surface area contributed by atoms with Gasteiger partial charge in [-0.05, 0) is 17.7 Å². The number of thiazole rings is 1. The highest BCUT2D eigenvalue weighted by atomic mass is 32.2. The van der Waals surface area contributed by atoms with Crippen LogP contribution in [0.3, 0.4) is 0 Å². The summed E-state index contributed by atoms with van der Waals surface area (Å²) in [5, 5.41) is 6.13. The maximum Gasteiger partial charge on any atom is 0.148 e. The van der Waals surface area contributed by atoms with Crippen molar-refractivity contribution < 1.29 is 0 Å². The van der Waals surface area contributed by atoms with E-state index in [1.807, 2.05) is 6.26 Å². The Balaban J connectivity index is 2.23. The average Bonchev–Trinajstić information content (AvgIpc) is 2.96. The molecule has 0 aliphatic rings. The smallest absolute Gasteiger partial charge is 0.148 e. The molecule has 3 nitrogen and oxygen atoms in total. The lowest BCUT2D eigenvalue weighted by molar-refractivity contribution is 1.10. The largest absolute Gasteiger partial charge is 0.231 e. The van der Waals surface area contributed by atoms with E-state index in [2.05, 4.69) is 31.8 Å². The lowest BCUT2D eigenvalue weighted by atomic mass is 10.4. The van der Waals surface area contributed by atoms with Crippen LogP contribution in [-0.2, 0) is 0 Å². The van der Waals surface area contributed by atoms with E-state index in [-0.39, 0.29) is 0 Å². The molecule has 0 N–H and O–H groups in total. The van der Waals surface area contributed by atoms with Gasteiger partial charge in [-0.3, -0.25) is 0 Å². The van der Waals surface area contributed by atoms with Crippen molar-refractivity contribution in [3.05, 3.63) is 23.2 Å². The molecular formula is C10H7N3S3. The zero-order chi connectivity index (χ0) is 11.0. The van der Waals surface area contributed by atoms with Crippen molar-refractivity contribution in [3.63, 3.8) is 0 Å². The number of rotatable bonds is 2. The maximum absolute atomic E-state index is 4.61. The SMILES string of the molecule is CSc1ncnc2sc(-c3ccsc3)nc12. The van der Waals surface area contributed by atoms with Gasteiger partial charge in [0.2, 0.25) is 0 Å². The second-order valence-electron chi connectivity index (χ2n) is 3.07. The molecule has 0 amide bonds. The van der Waals surface area contributed by atoms with E-state index >= 15 is 0 Å². The monoisotopic (exact) mass is 265 g/mol. The van der Waals surface area contributed by atoms with Gasteiger partial charge in [0.1, 0.15) is 26.7 Å². The van der Waals surface area contributed by atoms with Gasteiger partial charge in [-0.15, -0.1) is 11.8 Å². The fourth-order valence-electron chi connectivity index (χ4n) is 1.39. The van der Waals surface area contributed by atoms with Gasteiger partial charge in [0, 0.05) is 10.9 Å². The molecule has 0 aromatic carbocycles. The van der Waals surface area contributed by atoms with E-state index in [4.69, 9.17) is 0 Å². The normalized spacial score (nSPS) is 11.1. The number of hydrogen-bond acceptors (Lipinski definition) is 6. The lowest BCUT2D eigenvalue weighted by Crippen LogP contribution is -1.83. The molecule has 0 fully saturated rings. The molecule has 0 bridgehead atoms. The molecule has 0 saturated carbocycles. The van der Waals surface area contributed by atoms with Crippen molar-refractivity contribution in [2.24, 2.45) is 0 Å². The predicted octanol–water partition coefficient (Wildman–Crippen LogP) is 3.54. The van der Waals surface area contributed by atoms with Crippen LogP contribution in [0.4, 0.5) is 0 Å². The highest BCUT2D eigenvalue weighted by molar-refractivity contribution is 7.98. The topological polar surface area (TPSA) is 38.7 Å². The van der Waals surface area contributed by atoms with Gasteiger partial charge in [0.05, 0.1) is 0 Å². The molecule has 3 heterocycles. The summed E-state index contributed by atoms with van der Waals surface area (Å²) in [5.41, 5.74) is 2.08.